The van der Waals surface area contributed by atoms with Gasteiger partial charge in [-0.2, -0.15) is 0 Å². The highest BCUT2D eigenvalue weighted by Gasteiger charge is 2.26. The lowest BCUT2D eigenvalue weighted by Gasteiger charge is -2.19. The van der Waals surface area contributed by atoms with E-state index in [9.17, 15) is 19.0 Å². The van der Waals surface area contributed by atoms with Crippen LogP contribution in [-0.2, 0) is 32.7 Å². The van der Waals surface area contributed by atoms with Gasteiger partial charge in [-0.15, -0.1) is 0 Å². The molecule has 81 heavy (non-hydrogen) atoms. The molecule has 0 bridgehead atoms. The van der Waals surface area contributed by atoms with E-state index in [2.05, 4.69) is 135 Å². The van der Waals surface area contributed by atoms with Crippen LogP contribution in [0.1, 0.15) is 284 Å². The summed E-state index contributed by atoms with van der Waals surface area (Å²) in [4.78, 5) is 35.3. The molecular weight excluding hydrogens is 1030 g/mol. The van der Waals surface area contributed by atoms with Gasteiger partial charge in [-0.3, -0.25) is 18.6 Å². The molecule has 0 aliphatic rings. The maximum Gasteiger partial charge on any atom is 0.472 e. The first-order valence-electron chi connectivity index (χ1n) is 33.0. The zero-order valence-corrected chi connectivity index (χ0v) is 52.9. The van der Waals surface area contributed by atoms with E-state index in [0.29, 0.717) is 6.42 Å². The van der Waals surface area contributed by atoms with E-state index in [1.807, 2.05) is 0 Å². The summed E-state index contributed by atoms with van der Waals surface area (Å²) in [5, 5.41) is 0. The molecule has 0 aromatic heterocycles. The van der Waals surface area contributed by atoms with E-state index in [0.717, 1.165) is 109 Å². The summed E-state index contributed by atoms with van der Waals surface area (Å²) in [6.07, 6.45) is 91.5. The van der Waals surface area contributed by atoms with Gasteiger partial charge in [0.2, 0.25) is 0 Å². The summed E-state index contributed by atoms with van der Waals surface area (Å²) in [7, 11) is -4.40. The fraction of sp³-hybridized carbons (Fsp3) is 0.690. The average Bonchev–Trinajstić information content (AvgIpc) is 3.46. The summed E-state index contributed by atoms with van der Waals surface area (Å²) in [6, 6.07) is 0. The molecule has 0 radical (unpaired) electrons. The topological polar surface area (TPSA) is 134 Å². The van der Waals surface area contributed by atoms with Crippen LogP contribution in [0.2, 0.25) is 0 Å². The number of phosphoric acid groups is 1. The van der Waals surface area contributed by atoms with Gasteiger partial charge >= 0.3 is 19.8 Å². The molecule has 0 amide bonds. The van der Waals surface area contributed by atoms with Crippen molar-refractivity contribution >= 4 is 19.8 Å². The number of carbonyl (C=O) groups is 2. The predicted molar refractivity (Wildman–Crippen MR) is 348 cm³/mol. The van der Waals surface area contributed by atoms with E-state index >= 15 is 0 Å². The first-order valence-corrected chi connectivity index (χ1v) is 34.5. The number of rotatable bonds is 61. The highest BCUT2D eigenvalue weighted by Crippen LogP contribution is 2.43. The molecule has 0 heterocycles. The third kappa shape index (κ3) is 65.4. The Kier molecular flexibility index (Phi) is 62.7. The summed E-state index contributed by atoms with van der Waals surface area (Å²) < 4.78 is 33.1. The van der Waals surface area contributed by atoms with Crippen molar-refractivity contribution in [3.63, 3.8) is 0 Å². The predicted octanol–water partition coefficient (Wildman–Crippen LogP) is 21.5. The average molecular weight is 1150 g/mol. The van der Waals surface area contributed by atoms with Gasteiger partial charge < -0.3 is 20.1 Å². The number of unbranched alkanes of at least 4 members (excludes halogenated alkanes) is 28. The van der Waals surface area contributed by atoms with Gasteiger partial charge in [-0.05, 0) is 103 Å². The van der Waals surface area contributed by atoms with Crippen LogP contribution in [0.3, 0.4) is 0 Å². The van der Waals surface area contributed by atoms with Gasteiger partial charge in [0, 0.05) is 19.4 Å². The van der Waals surface area contributed by atoms with Gasteiger partial charge in [0.15, 0.2) is 6.10 Å². The Hall–Kier alpha value is -3.59. The minimum Gasteiger partial charge on any atom is -0.462 e. The monoisotopic (exact) mass is 1150 g/mol. The number of hydrogen-bond donors (Lipinski definition) is 2. The van der Waals surface area contributed by atoms with Crippen LogP contribution in [0.4, 0.5) is 0 Å². The summed E-state index contributed by atoms with van der Waals surface area (Å²) >= 11 is 0. The number of esters is 2. The van der Waals surface area contributed by atoms with Crippen molar-refractivity contribution in [3.8, 4) is 0 Å². The zero-order chi connectivity index (χ0) is 58.7. The molecule has 0 aromatic rings. The van der Waals surface area contributed by atoms with Gasteiger partial charge in [-0.1, -0.05) is 289 Å². The number of ether oxygens (including phenoxy) is 2. The molecule has 0 fully saturated rings. The summed E-state index contributed by atoms with van der Waals surface area (Å²) in [5.74, 6) is -0.854. The van der Waals surface area contributed by atoms with Crippen LogP contribution in [0.15, 0.2) is 122 Å². The minimum atomic E-state index is -4.40. The Labute approximate surface area is 498 Å². The van der Waals surface area contributed by atoms with Crippen LogP contribution < -0.4 is 5.73 Å². The first-order chi connectivity index (χ1) is 39.8. The Morgan fingerprint density at radius 2 is 0.642 bits per heavy atom. The van der Waals surface area contributed by atoms with Crippen LogP contribution in [0.5, 0.6) is 0 Å². The first kappa shape index (κ1) is 77.4. The molecule has 0 saturated carbocycles. The normalized spacial score (nSPS) is 13.8. The maximum atomic E-state index is 12.7. The van der Waals surface area contributed by atoms with Gasteiger partial charge in [0.25, 0.3) is 0 Å². The highest BCUT2D eigenvalue weighted by molar-refractivity contribution is 7.47. The van der Waals surface area contributed by atoms with Crippen molar-refractivity contribution in [2.24, 2.45) is 5.73 Å². The number of carbonyl (C=O) groups excluding carboxylic acids is 2. The summed E-state index contributed by atoms with van der Waals surface area (Å²) in [5.41, 5.74) is 5.39. The Balaban J connectivity index is 3.88. The van der Waals surface area contributed by atoms with Crippen LogP contribution in [0, 0.1) is 0 Å². The Morgan fingerprint density at radius 1 is 0.370 bits per heavy atom. The number of allylic oxidation sites excluding steroid dienone is 20. The fourth-order valence-electron chi connectivity index (χ4n) is 9.04. The maximum absolute atomic E-state index is 12.7. The second kappa shape index (κ2) is 65.6. The van der Waals surface area contributed by atoms with Crippen molar-refractivity contribution < 1.29 is 37.6 Å². The molecule has 3 N–H and O–H groups in total. The number of nitrogens with two attached hydrogens (primary N) is 1. The third-order valence-corrected chi connectivity index (χ3v) is 14.8. The Morgan fingerprint density at radius 3 is 0.951 bits per heavy atom. The van der Waals surface area contributed by atoms with Gasteiger partial charge in [0.05, 0.1) is 13.2 Å². The molecule has 0 rings (SSSR count). The summed E-state index contributed by atoms with van der Waals surface area (Å²) in [6.45, 7) is 3.50. The highest BCUT2D eigenvalue weighted by atomic mass is 31.2. The lowest BCUT2D eigenvalue weighted by atomic mass is 10.0. The largest absolute Gasteiger partial charge is 0.472 e. The van der Waals surface area contributed by atoms with Gasteiger partial charge in [-0.25, -0.2) is 4.57 Å². The van der Waals surface area contributed by atoms with Crippen molar-refractivity contribution in [1.29, 1.82) is 0 Å². The van der Waals surface area contributed by atoms with Crippen LogP contribution in [0.25, 0.3) is 0 Å². The SMILES string of the molecule is CC/C=C\C/C=C\C/C=C\C/C=C\C/C=C\C/C=C\CCCCCCC(=O)OC(COC(=O)CCCCCCCCCCCCCCCCCCCCCCCCCC/C=C\C/C=C\C/C=C\C/C=C\CC)COP(=O)(O)OCCN. The molecule has 0 spiro atoms. The molecule has 2 atom stereocenters. The molecule has 0 aliphatic heterocycles. The Bertz CT molecular complexity index is 1740. The lowest BCUT2D eigenvalue weighted by Crippen LogP contribution is -2.29. The quantitative estimate of drug-likeness (QED) is 0.0264. The van der Waals surface area contributed by atoms with Crippen molar-refractivity contribution in [2.45, 2.75) is 290 Å². The van der Waals surface area contributed by atoms with Crippen molar-refractivity contribution in [2.75, 3.05) is 26.4 Å². The molecule has 2 unspecified atom stereocenters. The van der Waals surface area contributed by atoms with Crippen LogP contribution >= 0.6 is 7.82 Å². The van der Waals surface area contributed by atoms with E-state index < -0.39 is 26.5 Å². The van der Waals surface area contributed by atoms with E-state index in [1.165, 1.54) is 141 Å². The van der Waals surface area contributed by atoms with E-state index in [-0.39, 0.29) is 38.6 Å². The number of hydrogen-bond acceptors (Lipinski definition) is 8. The van der Waals surface area contributed by atoms with Crippen LogP contribution in [-0.4, -0.2) is 49.3 Å². The smallest absolute Gasteiger partial charge is 0.462 e. The zero-order valence-electron chi connectivity index (χ0n) is 52.0. The lowest BCUT2D eigenvalue weighted by molar-refractivity contribution is -0.161. The van der Waals surface area contributed by atoms with Crippen molar-refractivity contribution in [3.05, 3.63) is 122 Å². The molecule has 464 valence electrons. The molecule has 0 aliphatic carbocycles. The minimum absolute atomic E-state index is 0.0444. The second-order valence-corrected chi connectivity index (χ2v) is 23.0. The molecule has 0 saturated heterocycles. The fourth-order valence-corrected chi connectivity index (χ4v) is 9.81. The standard InChI is InChI=1S/C71H122NO8P/c1-3-5-7-9-11-13-15-17-19-21-23-25-27-28-29-30-31-32-33-34-35-36-37-38-39-40-42-43-45-47-49-51-53-55-57-59-61-63-70(73)77-67-69(68-79-81(75,76)78-66-65-72)80-71(74)64-62-60-58-56-54-52-50-48-46-44-41-26-24-22-20-18-16-14-12-10-8-6-4-2/h5-8,11-14,17-20,23-26,44,46,50,52,69H,3-4,9-10,15-16,21-22,27-43,45,47-49,51,53-68,72H2,1-2H3,(H,75,76)/b7-5-,8-6-,13-11-,14-12-,19-17-,20-18-,25-23-,26-24-,46-44-,52-50-. The third-order valence-electron chi connectivity index (χ3n) is 13.8. The molecule has 0 aromatic carbocycles. The molecule has 10 heteroatoms. The van der Waals surface area contributed by atoms with E-state index in [4.69, 9.17) is 24.3 Å². The van der Waals surface area contributed by atoms with Gasteiger partial charge in [0.1, 0.15) is 6.61 Å². The number of phosphoric ester groups is 1. The second-order valence-electron chi connectivity index (χ2n) is 21.6. The van der Waals surface area contributed by atoms with E-state index in [1.54, 1.807) is 0 Å². The molecule has 9 nitrogen and oxygen atoms in total. The molecular formula is C71H122NO8P. The van der Waals surface area contributed by atoms with Crippen molar-refractivity contribution in [1.82, 2.24) is 0 Å².